The number of hydrogen-bond acceptors (Lipinski definition) is 2. The first kappa shape index (κ1) is 10.0. The molecule has 2 heteroatoms. The third-order valence-corrected chi connectivity index (χ3v) is 2.74. The molecule has 72 valence electrons. The van der Waals surface area contributed by atoms with E-state index >= 15 is 0 Å². The van der Waals surface area contributed by atoms with Crippen LogP contribution >= 0.6 is 0 Å². The molecule has 12 heavy (non-hydrogen) atoms. The summed E-state index contributed by atoms with van der Waals surface area (Å²) in [4.78, 5) is 2.44. The SMILES string of the molecule is CCNC1(C)CCCCN(C)C1. The van der Waals surface area contributed by atoms with Gasteiger partial charge in [-0.3, -0.25) is 0 Å². The van der Waals surface area contributed by atoms with Crippen LogP contribution in [0.1, 0.15) is 33.1 Å². The van der Waals surface area contributed by atoms with Gasteiger partial charge < -0.3 is 10.2 Å². The summed E-state index contributed by atoms with van der Waals surface area (Å²) >= 11 is 0. The van der Waals surface area contributed by atoms with Gasteiger partial charge in [0.05, 0.1) is 0 Å². The summed E-state index contributed by atoms with van der Waals surface area (Å²) in [5.74, 6) is 0. The molecular weight excluding hydrogens is 148 g/mol. The van der Waals surface area contributed by atoms with Crippen LogP contribution in [0.4, 0.5) is 0 Å². The van der Waals surface area contributed by atoms with Gasteiger partial charge in [0.25, 0.3) is 0 Å². The topological polar surface area (TPSA) is 15.3 Å². The Labute approximate surface area is 76.3 Å². The largest absolute Gasteiger partial charge is 0.311 e. The molecule has 0 aromatic rings. The Morgan fingerprint density at radius 1 is 1.42 bits per heavy atom. The van der Waals surface area contributed by atoms with Crippen molar-refractivity contribution in [1.82, 2.24) is 10.2 Å². The molecule has 1 saturated heterocycles. The summed E-state index contributed by atoms with van der Waals surface area (Å²) < 4.78 is 0. The van der Waals surface area contributed by atoms with Crippen LogP contribution in [-0.4, -0.2) is 37.1 Å². The summed E-state index contributed by atoms with van der Waals surface area (Å²) in [6, 6.07) is 0. The van der Waals surface area contributed by atoms with Gasteiger partial charge in [-0.05, 0) is 39.9 Å². The molecule has 1 aliphatic rings. The molecule has 0 radical (unpaired) electrons. The van der Waals surface area contributed by atoms with E-state index in [9.17, 15) is 0 Å². The van der Waals surface area contributed by atoms with Crippen LogP contribution in [-0.2, 0) is 0 Å². The first-order chi connectivity index (χ1) is 5.66. The lowest BCUT2D eigenvalue weighted by Gasteiger charge is -2.32. The van der Waals surface area contributed by atoms with Crippen molar-refractivity contribution in [3.8, 4) is 0 Å². The number of nitrogens with one attached hydrogen (secondary N) is 1. The third kappa shape index (κ3) is 2.76. The standard InChI is InChI=1S/C10H22N2/c1-4-11-10(2)7-5-6-8-12(3)9-10/h11H,4-9H2,1-3H3. The smallest absolute Gasteiger partial charge is 0.0280 e. The first-order valence-corrected chi connectivity index (χ1v) is 5.10. The molecule has 0 aromatic heterocycles. The minimum absolute atomic E-state index is 0.361. The van der Waals surface area contributed by atoms with Gasteiger partial charge in [0.1, 0.15) is 0 Å². The zero-order valence-corrected chi connectivity index (χ0v) is 8.69. The molecule has 1 aliphatic heterocycles. The Bertz CT molecular complexity index is 136. The second-order valence-electron chi connectivity index (χ2n) is 4.29. The second kappa shape index (κ2) is 4.24. The lowest BCUT2D eigenvalue weighted by molar-refractivity contribution is 0.241. The quantitative estimate of drug-likeness (QED) is 0.675. The number of rotatable bonds is 2. The Morgan fingerprint density at radius 3 is 2.83 bits per heavy atom. The number of likely N-dealkylation sites (tertiary alicyclic amines) is 1. The molecule has 0 aromatic carbocycles. The van der Waals surface area contributed by atoms with E-state index in [1.54, 1.807) is 0 Å². The molecule has 1 rings (SSSR count). The molecule has 0 amide bonds. The zero-order chi connectivity index (χ0) is 9.03. The van der Waals surface area contributed by atoms with Crippen molar-refractivity contribution in [3.05, 3.63) is 0 Å². The molecule has 1 N–H and O–H groups in total. The maximum atomic E-state index is 3.59. The molecule has 0 saturated carbocycles. The average Bonchev–Trinajstić information content (AvgIpc) is 2.12. The van der Waals surface area contributed by atoms with Crippen LogP contribution in [0.15, 0.2) is 0 Å². The maximum Gasteiger partial charge on any atom is 0.0280 e. The summed E-state index contributed by atoms with van der Waals surface area (Å²) in [5, 5.41) is 3.59. The molecule has 0 bridgehead atoms. The van der Waals surface area contributed by atoms with E-state index in [4.69, 9.17) is 0 Å². The summed E-state index contributed by atoms with van der Waals surface area (Å²) in [7, 11) is 2.22. The molecule has 1 unspecified atom stereocenters. The summed E-state index contributed by atoms with van der Waals surface area (Å²) in [5.41, 5.74) is 0.361. The van der Waals surface area contributed by atoms with E-state index in [0.29, 0.717) is 5.54 Å². The van der Waals surface area contributed by atoms with Crippen molar-refractivity contribution in [2.75, 3.05) is 26.7 Å². The normalized spacial score (nSPS) is 33.2. The van der Waals surface area contributed by atoms with Crippen molar-refractivity contribution in [2.24, 2.45) is 0 Å². The number of likely N-dealkylation sites (N-methyl/N-ethyl adjacent to an activating group) is 2. The number of nitrogens with zero attached hydrogens (tertiary/aromatic N) is 1. The Hall–Kier alpha value is -0.0800. The maximum absolute atomic E-state index is 3.59. The van der Waals surface area contributed by atoms with E-state index < -0.39 is 0 Å². The van der Waals surface area contributed by atoms with Crippen LogP contribution in [0.2, 0.25) is 0 Å². The van der Waals surface area contributed by atoms with E-state index in [1.165, 1.54) is 32.4 Å². The Morgan fingerprint density at radius 2 is 2.17 bits per heavy atom. The number of hydrogen-bond donors (Lipinski definition) is 1. The highest BCUT2D eigenvalue weighted by Gasteiger charge is 2.26. The molecular formula is C10H22N2. The van der Waals surface area contributed by atoms with Crippen LogP contribution in [0.5, 0.6) is 0 Å². The van der Waals surface area contributed by atoms with E-state index in [0.717, 1.165) is 6.54 Å². The first-order valence-electron chi connectivity index (χ1n) is 5.10. The predicted octanol–water partition coefficient (Wildman–Crippen LogP) is 1.47. The van der Waals surface area contributed by atoms with Crippen molar-refractivity contribution in [2.45, 2.75) is 38.6 Å². The Kier molecular flexibility index (Phi) is 3.53. The lowest BCUT2D eigenvalue weighted by Crippen LogP contribution is -2.49. The van der Waals surface area contributed by atoms with Crippen LogP contribution in [0, 0.1) is 0 Å². The van der Waals surface area contributed by atoms with Gasteiger partial charge in [0.15, 0.2) is 0 Å². The third-order valence-electron chi connectivity index (χ3n) is 2.74. The van der Waals surface area contributed by atoms with Crippen molar-refractivity contribution >= 4 is 0 Å². The molecule has 2 nitrogen and oxygen atoms in total. The lowest BCUT2D eigenvalue weighted by atomic mass is 9.96. The minimum atomic E-state index is 0.361. The fourth-order valence-electron chi connectivity index (χ4n) is 2.22. The van der Waals surface area contributed by atoms with Gasteiger partial charge in [0, 0.05) is 12.1 Å². The van der Waals surface area contributed by atoms with Gasteiger partial charge in [-0.1, -0.05) is 13.3 Å². The van der Waals surface area contributed by atoms with Crippen molar-refractivity contribution in [3.63, 3.8) is 0 Å². The van der Waals surface area contributed by atoms with Crippen LogP contribution in [0.3, 0.4) is 0 Å². The highest BCUT2D eigenvalue weighted by molar-refractivity contribution is 4.87. The molecule has 0 aliphatic carbocycles. The van der Waals surface area contributed by atoms with Crippen molar-refractivity contribution in [1.29, 1.82) is 0 Å². The summed E-state index contributed by atoms with van der Waals surface area (Å²) in [6.45, 7) is 8.08. The van der Waals surface area contributed by atoms with Crippen molar-refractivity contribution < 1.29 is 0 Å². The summed E-state index contributed by atoms with van der Waals surface area (Å²) in [6.07, 6.45) is 4.05. The fraction of sp³-hybridized carbons (Fsp3) is 1.00. The molecule has 0 spiro atoms. The monoisotopic (exact) mass is 170 g/mol. The highest BCUT2D eigenvalue weighted by Crippen LogP contribution is 2.19. The van der Waals surface area contributed by atoms with Crippen LogP contribution in [0.25, 0.3) is 0 Å². The van der Waals surface area contributed by atoms with Gasteiger partial charge in [0.2, 0.25) is 0 Å². The molecule has 1 atom stereocenters. The average molecular weight is 170 g/mol. The van der Waals surface area contributed by atoms with Gasteiger partial charge in [-0.15, -0.1) is 0 Å². The van der Waals surface area contributed by atoms with Gasteiger partial charge >= 0.3 is 0 Å². The van der Waals surface area contributed by atoms with Crippen LogP contribution < -0.4 is 5.32 Å². The van der Waals surface area contributed by atoms with Gasteiger partial charge in [-0.25, -0.2) is 0 Å². The predicted molar refractivity (Wildman–Crippen MR) is 53.4 cm³/mol. The van der Waals surface area contributed by atoms with Gasteiger partial charge in [-0.2, -0.15) is 0 Å². The molecule has 1 heterocycles. The van der Waals surface area contributed by atoms with E-state index in [1.807, 2.05) is 0 Å². The minimum Gasteiger partial charge on any atom is -0.311 e. The Balaban J connectivity index is 2.49. The molecule has 1 fully saturated rings. The van der Waals surface area contributed by atoms with E-state index in [-0.39, 0.29) is 0 Å². The highest BCUT2D eigenvalue weighted by atomic mass is 15.1. The van der Waals surface area contributed by atoms with E-state index in [2.05, 4.69) is 31.1 Å². The second-order valence-corrected chi connectivity index (χ2v) is 4.29. The zero-order valence-electron chi connectivity index (χ0n) is 8.69. The fourth-order valence-corrected chi connectivity index (χ4v) is 2.22.